The van der Waals surface area contributed by atoms with Crippen molar-refractivity contribution in [2.45, 2.75) is 38.2 Å². The molecule has 0 unspecified atom stereocenters. The molecule has 1 saturated heterocycles. The summed E-state index contributed by atoms with van der Waals surface area (Å²) in [5.74, 6) is -0.242. The number of carbonyl (C=O) groups is 1. The van der Waals surface area contributed by atoms with Crippen molar-refractivity contribution in [3.05, 3.63) is 59.5 Å². The largest absolute Gasteiger partial charge is 0.516 e. The minimum absolute atomic E-state index is 0.0462. The minimum Gasteiger partial charge on any atom is -0.370 e. The number of nitrogens with one attached hydrogen (secondary N) is 1. The highest BCUT2D eigenvalue weighted by atomic mass is 32.2. The first-order valence-electron chi connectivity index (χ1n) is 12.6. The van der Waals surface area contributed by atoms with Crippen molar-refractivity contribution in [3.8, 4) is 0 Å². The van der Waals surface area contributed by atoms with E-state index in [-0.39, 0.29) is 29.8 Å². The van der Waals surface area contributed by atoms with Gasteiger partial charge in [-0.15, -0.1) is 0 Å². The van der Waals surface area contributed by atoms with E-state index in [0.717, 1.165) is 37.2 Å². The van der Waals surface area contributed by atoms with Crippen molar-refractivity contribution in [1.82, 2.24) is 19.0 Å². The second-order valence-electron chi connectivity index (χ2n) is 9.34. The van der Waals surface area contributed by atoms with Crippen LogP contribution in [0.1, 0.15) is 41.5 Å². The predicted octanol–water partition coefficient (Wildman–Crippen LogP) is 3.34. The highest BCUT2D eigenvalue weighted by Gasteiger charge is 2.50. The van der Waals surface area contributed by atoms with Crippen molar-refractivity contribution in [3.63, 3.8) is 0 Å². The number of imidazole rings is 1. The molecular weight excluding hydrogens is 535 g/mol. The summed E-state index contributed by atoms with van der Waals surface area (Å²) in [5.41, 5.74) is -1.01. The van der Waals surface area contributed by atoms with Gasteiger partial charge in [0.25, 0.3) is 5.91 Å². The number of halogens is 3. The zero-order valence-electron chi connectivity index (χ0n) is 21.2. The van der Waals surface area contributed by atoms with Gasteiger partial charge in [0, 0.05) is 25.8 Å². The van der Waals surface area contributed by atoms with Crippen LogP contribution in [0.15, 0.2) is 47.7 Å². The van der Waals surface area contributed by atoms with Gasteiger partial charge in [-0.2, -0.15) is 26.7 Å². The fraction of sp³-hybridized carbons (Fsp3) is 0.400. The Morgan fingerprint density at radius 1 is 1.00 bits per heavy atom. The van der Waals surface area contributed by atoms with Crippen molar-refractivity contribution in [2.75, 3.05) is 36.1 Å². The second-order valence-corrected chi connectivity index (χ2v) is 11.2. The molecule has 39 heavy (non-hydrogen) atoms. The molecule has 2 aliphatic heterocycles. The van der Waals surface area contributed by atoms with E-state index >= 15 is 0 Å². The molecule has 14 heteroatoms. The fourth-order valence-electron chi connectivity index (χ4n) is 4.72. The maximum absolute atomic E-state index is 13.3. The smallest absolute Gasteiger partial charge is 0.370 e. The van der Waals surface area contributed by atoms with Crippen LogP contribution in [0.5, 0.6) is 0 Å². The molecule has 0 atom stereocenters. The number of alkyl halides is 3. The van der Waals surface area contributed by atoms with E-state index in [1.165, 1.54) is 5.01 Å². The highest BCUT2D eigenvalue weighted by Crippen LogP contribution is 2.28. The SMILES string of the molecule is CCc1nc2ccc(N3CCCC3)cn2c1C(=O)NCc1ccc(N2CCN(S(=O)(=O)C(F)(F)F)C=N2)cc1. The van der Waals surface area contributed by atoms with Crippen molar-refractivity contribution >= 4 is 39.3 Å². The normalized spacial score (nSPS) is 16.4. The van der Waals surface area contributed by atoms with Crippen LogP contribution in [0.25, 0.3) is 5.65 Å². The van der Waals surface area contributed by atoms with Crippen LogP contribution in [-0.2, 0) is 23.0 Å². The maximum atomic E-state index is 13.3. The molecule has 208 valence electrons. The van der Waals surface area contributed by atoms with Crippen LogP contribution in [0.2, 0.25) is 0 Å². The number of hydrogen-bond acceptors (Lipinski definition) is 7. The second kappa shape index (κ2) is 10.4. The van der Waals surface area contributed by atoms with Crippen LogP contribution in [0, 0.1) is 0 Å². The lowest BCUT2D eigenvalue weighted by Gasteiger charge is -2.29. The molecule has 2 aliphatic rings. The molecule has 0 aliphatic carbocycles. The van der Waals surface area contributed by atoms with Gasteiger partial charge in [-0.3, -0.25) is 14.2 Å². The predicted molar refractivity (Wildman–Crippen MR) is 141 cm³/mol. The van der Waals surface area contributed by atoms with Gasteiger partial charge in [0.05, 0.1) is 30.2 Å². The number of hydrazone groups is 1. The van der Waals surface area contributed by atoms with Crippen molar-refractivity contribution in [1.29, 1.82) is 0 Å². The van der Waals surface area contributed by atoms with Crippen LogP contribution < -0.4 is 15.2 Å². The summed E-state index contributed by atoms with van der Waals surface area (Å²) in [7, 11) is -5.46. The Balaban J connectivity index is 1.26. The molecule has 5 rings (SSSR count). The van der Waals surface area contributed by atoms with E-state index in [1.54, 1.807) is 24.3 Å². The summed E-state index contributed by atoms with van der Waals surface area (Å²) in [6.45, 7) is 3.76. The lowest BCUT2D eigenvalue weighted by Crippen LogP contribution is -2.46. The first kappa shape index (κ1) is 26.8. The van der Waals surface area contributed by atoms with Gasteiger partial charge >= 0.3 is 15.5 Å². The number of anilines is 2. The van der Waals surface area contributed by atoms with Crippen molar-refractivity contribution in [2.24, 2.45) is 5.10 Å². The van der Waals surface area contributed by atoms with Gasteiger partial charge in [-0.25, -0.2) is 9.29 Å². The number of benzene rings is 1. The molecule has 10 nitrogen and oxygen atoms in total. The molecule has 1 aromatic carbocycles. The summed E-state index contributed by atoms with van der Waals surface area (Å²) in [4.78, 5) is 20.2. The number of aryl methyl sites for hydroxylation is 1. The molecule has 1 fully saturated rings. The Bertz CT molecular complexity index is 1500. The van der Waals surface area contributed by atoms with Gasteiger partial charge in [0.2, 0.25) is 0 Å². The Morgan fingerprint density at radius 3 is 2.31 bits per heavy atom. The third-order valence-electron chi connectivity index (χ3n) is 6.84. The number of carbonyl (C=O) groups excluding carboxylic acids is 1. The number of pyridine rings is 1. The number of fused-ring (bicyclic) bond motifs is 1. The molecule has 0 saturated carbocycles. The summed E-state index contributed by atoms with van der Waals surface area (Å²) >= 11 is 0. The van der Waals surface area contributed by atoms with Gasteiger partial charge in [-0.05, 0) is 49.1 Å². The van der Waals surface area contributed by atoms with Gasteiger partial charge in [0.15, 0.2) is 0 Å². The van der Waals surface area contributed by atoms with Crippen molar-refractivity contribution < 1.29 is 26.4 Å². The fourth-order valence-corrected chi connectivity index (χ4v) is 5.48. The lowest BCUT2D eigenvalue weighted by molar-refractivity contribution is -0.0471. The average molecular weight is 564 g/mol. The van der Waals surface area contributed by atoms with Crippen LogP contribution >= 0.6 is 0 Å². The molecule has 2 aromatic heterocycles. The maximum Gasteiger partial charge on any atom is 0.516 e. The summed E-state index contributed by atoms with van der Waals surface area (Å²) in [6, 6.07) is 10.9. The summed E-state index contributed by atoms with van der Waals surface area (Å²) < 4.78 is 63.4. The van der Waals surface area contributed by atoms with E-state index in [9.17, 15) is 26.4 Å². The number of hydrogen-bond donors (Lipinski definition) is 1. The number of aromatic nitrogens is 2. The van der Waals surface area contributed by atoms with Gasteiger partial charge in [-0.1, -0.05) is 19.1 Å². The third kappa shape index (κ3) is 5.24. The summed E-state index contributed by atoms with van der Waals surface area (Å²) in [6.07, 6.45) is 5.54. The molecular formula is C25H28F3N7O3S. The monoisotopic (exact) mass is 563 g/mol. The van der Waals surface area contributed by atoms with E-state index in [4.69, 9.17) is 0 Å². The molecule has 4 heterocycles. The standard InChI is InChI=1S/C25H28F3N7O3S/c1-2-21-23(34-16-20(9-10-22(34)31-21)32-11-3-4-12-32)24(36)29-15-18-5-7-19(8-6-18)35-14-13-33(17-30-35)39(37,38)25(26,27)28/h5-10,16-17H,2-4,11-15H2,1H3,(H,29,36). The van der Waals surface area contributed by atoms with Gasteiger partial charge < -0.3 is 10.2 Å². The van der Waals surface area contributed by atoms with Crippen LogP contribution in [0.4, 0.5) is 24.5 Å². The topological polar surface area (TPSA) is 103 Å². The molecule has 1 amide bonds. The number of nitrogens with zero attached hydrogens (tertiary/aromatic N) is 6. The Kier molecular flexibility index (Phi) is 7.14. The highest BCUT2D eigenvalue weighted by molar-refractivity contribution is 7.90. The lowest BCUT2D eigenvalue weighted by atomic mass is 10.2. The Labute approximate surface area is 223 Å². The molecule has 0 spiro atoms. The van der Waals surface area contributed by atoms with Crippen LogP contribution in [-0.4, -0.2) is 66.0 Å². The first-order chi connectivity index (χ1) is 18.6. The Hall–Kier alpha value is -3.81. The zero-order valence-corrected chi connectivity index (χ0v) is 22.0. The van der Waals surface area contributed by atoms with E-state index in [0.29, 0.717) is 35.5 Å². The van der Waals surface area contributed by atoms with Crippen LogP contribution in [0.3, 0.4) is 0 Å². The third-order valence-corrected chi connectivity index (χ3v) is 8.32. The van der Waals surface area contributed by atoms with E-state index in [2.05, 4.69) is 20.3 Å². The molecule has 0 radical (unpaired) electrons. The average Bonchev–Trinajstić information content (AvgIpc) is 3.59. The number of rotatable bonds is 7. The zero-order chi connectivity index (χ0) is 27.8. The minimum atomic E-state index is -5.46. The molecule has 3 aromatic rings. The Morgan fingerprint density at radius 2 is 1.69 bits per heavy atom. The van der Waals surface area contributed by atoms with E-state index in [1.807, 2.05) is 29.7 Å². The summed E-state index contributed by atoms with van der Waals surface area (Å²) in [5, 5.41) is 8.22. The number of sulfonamides is 1. The quantitative estimate of drug-likeness (QED) is 0.473. The van der Waals surface area contributed by atoms with Gasteiger partial charge in [0.1, 0.15) is 17.7 Å². The van der Waals surface area contributed by atoms with E-state index < -0.39 is 15.5 Å². The number of amides is 1. The molecule has 1 N–H and O–H groups in total. The first-order valence-corrected chi connectivity index (χ1v) is 14.1. The molecule has 0 bridgehead atoms.